The third-order valence-corrected chi connectivity index (χ3v) is 6.01. The van der Waals surface area contributed by atoms with E-state index in [-0.39, 0.29) is 6.04 Å². The van der Waals surface area contributed by atoms with Gasteiger partial charge in [0.15, 0.2) is 11.5 Å². The van der Waals surface area contributed by atoms with Crippen LogP contribution in [0.25, 0.3) is 0 Å². The first kappa shape index (κ1) is 19.2. The van der Waals surface area contributed by atoms with Gasteiger partial charge in [-0.2, -0.15) is 0 Å². The van der Waals surface area contributed by atoms with Gasteiger partial charge in [0.1, 0.15) is 0 Å². The number of nitrogens with one attached hydrogen (secondary N) is 1. The van der Waals surface area contributed by atoms with Crippen LogP contribution in [0, 0.1) is 0 Å². The third-order valence-electron chi connectivity index (χ3n) is 4.08. The summed E-state index contributed by atoms with van der Waals surface area (Å²) in [5.41, 5.74) is 2.27. The monoisotopic (exact) mass is 451 g/mol. The zero-order chi connectivity index (χ0) is 18.5. The fourth-order valence-electron chi connectivity index (χ4n) is 2.74. The van der Waals surface area contributed by atoms with Crippen molar-refractivity contribution < 1.29 is 9.47 Å². The Labute approximate surface area is 171 Å². The largest absolute Gasteiger partial charge is 0.493 e. The first-order valence-corrected chi connectivity index (χ1v) is 10.1. The number of ether oxygens (including phenoxy) is 2. The molecule has 0 radical (unpaired) electrons. The van der Waals surface area contributed by atoms with E-state index in [0.717, 1.165) is 15.1 Å². The van der Waals surface area contributed by atoms with Gasteiger partial charge in [0.05, 0.1) is 20.3 Å². The van der Waals surface area contributed by atoms with Crippen LogP contribution in [0.3, 0.4) is 0 Å². The molecule has 0 aliphatic rings. The standard InChI is InChI=1S/C20H19BrClNO2S/c1-24-17-10-14(16(21)11-18(17)25-2)12-23-20(19-4-3-9-26-19)13-5-7-15(22)8-6-13/h3-11,20,23H,12H2,1-2H3. The zero-order valence-electron chi connectivity index (χ0n) is 14.5. The van der Waals surface area contributed by atoms with Gasteiger partial charge in [-0.3, -0.25) is 0 Å². The Morgan fingerprint density at radius 2 is 1.77 bits per heavy atom. The molecule has 2 aromatic carbocycles. The molecule has 0 bridgehead atoms. The fraction of sp³-hybridized carbons (Fsp3) is 0.200. The van der Waals surface area contributed by atoms with E-state index in [2.05, 4.69) is 50.9 Å². The van der Waals surface area contributed by atoms with E-state index < -0.39 is 0 Å². The van der Waals surface area contributed by atoms with Gasteiger partial charge in [0.2, 0.25) is 0 Å². The maximum absolute atomic E-state index is 6.05. The topological polar surface area (TPSA) is 30.5 Å². The number of halogens is 2. The van der Waals surface area contributed by atoms with Crippen molar-refractivity contribution in [2.45, 2.75) is 12.6 Å². The highest BCUT2D eigenvalue weighted by molar-refractivity contribution is 9.10. The predicted molar refractivity (Wildman–Crippen MR) is 112 cm³/mol. The molecule has 0 spiro atoms. The second kappa shape index (κ2) is 8.91. The lowest BCUT2D eigenvalue weighted by molar-refractivity contribution is 0.354. The van der Waals surface area contributed by atoms with Gasteiger partial charge in [-0.15, -0.1) is 11.3 Å². The van der Waals surface area contributed by atoms with Crippen LogP contribution in [0.4, 0.5) is 0 Å². The second-order valence-electron chi connectivity index (χ2n) is 5.68. The van der Waals surface area contributed by atoms with E-state index in [4.69, 9.17) is 21.1 Å². The Hall–Kier alpha value is -1.53. The minimum absolute atomic E-state index is 0.0901. The molecule has 0 saturated heterocycles. The lowest BCUT2D eigenvalue weighted by Gasteiger charge is -2.19. The summed E-state index contributed by atoms with van der Waals surface area (Å²) in [6.45, 7) is 0.673. The molecule has 0 fully saturated rings. The Bertz CT molecular complexity index is 853. The van der Waals surface area contributed by atoms with E-state index in [0.29, 0.717) is 18.0 Å². The maximum atomic E-state index is 6.05. The van der Waals surface area contributed by atoms with E-state index in [9.17, 15) is 0 Å². The number of methoxy groups -OCH3 is 2. The smallest absolute Gasteiger partial charge is 0.161 e. The molecule has 1 N–H and O–H groups in total. The molecule has 1 heterocycles. The third kappa shape index (κ3) is 4.41. The van der Waals surface area contributed by atoms with Crippen LogP contribution < -0.4 is 14.8 Å². The van der Waals surface area contributed by atoms with Crippen LogP contribution in [0.15, 0.2) is 58.4 Å². The van der Waals surface area contributed by atoms with Crippen LogP contribution in [0.1, 0.15) is 22.0 Å². The summed E-state index contributed by atoms with van der Waals surface area (Å²) in [5.74, 6) is 1.42. The lowest BCUT2D eigenvalue weighted by atomic mass is 10.0. The van der Waals surface area contributed by atoms with Gasteiger partial charge in [-0.1, -0.05) is 45.7 Å². The molecule has 0 aliphatic carbocycles. The first-order valence-electron chi connectivity index (χ1n) is 8.05. The average molecular weight is 453 g/mol. The van der Waals surface area contributed by atoms with Crippen molar-refractivity contribution in [3.8, 4) is 11.5 Å². The first-order chi connectivity index (χ1) is 12.6. The van der Waals surface area contributed by atoms with Crippen molar-refractivity contribution in [2.24, 2.45) is 0 Å². The molecule has 3 rings (SSSR count). The minimum Gasteiger partial charge on any atom is -0.493 e. The maximum Gasteiger partial charge on any atom is 0.161 e. The quantitative estimate of drug-likeness (QED) is 0.472. The second-order valence-corrected chi connectivity index (χ2v) is 7.95. The molecule has 1 aromatic heterocycles. The van der Waals surface area contributed by atoms with E-state index in [1.165, 1.54) is 10.4 Å². The SMILES string of the molecule is COc1cc(Br)c(CNC(c2ccc(Cl)cc2)c2cccs2)cc1OC. The number of benzene rings is 2. The number of hydrogen-bond acceptors (Lipinski definition) is 4. The highest BCUT2D eigenvalue weighted by Crippen LogP contribution is 2.34. The Morgan fingerprint density at radius 1 is 1.08 bits per heavy atom. The Balaban J connectivity index is 1.86. The molecule has 3 aromatic rings. The van der Waals surface area contributed by atoms with Crippen molar-refractivity contribution in [3.63, 3.8) is 0 Å². The molecule has 26 heavy (non-hydrogen) atoms. The summed E-state index contributed by atoms with van der Waals surface area (Å²) >= 11 is 11.4. The van der Waals surface area contributed by atoms with Gasteiger partial charge >= 0.3 is 0 Å². The van der Waals surface area contributed by atoms with E-state index >= 15 is 0 Å². The summed E-state index contributed by atoms with van der Waals surface area (Å²) in [6, 6.07) is 16.2. The number of thiophene rings is 1. The summed E-state index contributed by atoms with van der Waals surface area (Å²) in [4.78, 5) is 1.25. The van der Waals surface area contributed by atoms with Crippen molar-refractivity contribution in [1.29, 1.82) is 0 Å². The van der Waals surface area contributed by atoms with Crippen molar-refractivity contribution in [2.75, 3.05) is 14.2 Å². The van der Waals surface area contributed by atoms with Crippen LogP contribution >= 0.6 is 38.9 Å². The van der Waals surface area contributed by atoms with Crippen molar-refractivity contribution in [3.05, 3.63) is 79.4 Å². The Morgan fingerprint density at radius 3 is 2.38 bits per heavy atom. The van der Waals surface area contributed by atoms with E-state index in [1.54, 1.807) is 25.6 Å². The molecule has 3 nitrogen and oxygen atoms in total. The molecule has 0 saturated carbocycles. The fourth-order valence-corrected chi connectivity index (χ4v) is 4.15. The molecule has 0 aliphatic heterocycles. The van der Waals surface area contributed by atoms with Gasteiger partial charge in [-0.25, -0.2) is 0 Å². The summed E-state index contributed by atoms with van der Waals surface area (Å²) in [7, 11) is 3.28. The number of rotatable bonds is 7. The molecule has 136 valence electrons. The Kier molecular flexibility index (Phi) is 6.59. The van der Waals surface area contributed by atoms with E-state index in [1.807, 2.05) is 24.3 Å². The van der Waals surface area contributed by atoms with Crippen LogP contribution in [-0.4, -0.2) is 14.2 Å². The van der Waals surface area contributed by atoms with Gasteiger partial charge in [-0.05, 0) is 46.8 Å². The van der Waals surface area contributed by atoms with Crippen LogP contribution in [0.2, 0.25) is 5.02 Å². The molecule has 1 unspecified atom stereocenters. The summed E-state index contributed by atoms with van der Waals surface area (Å²) in [5, 5.41) is 6.47. The summed E-state index contributed by atoms with van der Waals surface area (Å²) < 4.78 is 11.7. The molecule has 1 atom stereocenters. The normalized spacial score (nSPS) is 12.0. The predicted octanol–water partition coefficient (Wildman–Crippen LogP) is 6.06. The lowest BCUT2D eigenvalue weighted by Crippen LogP contribution is -2.21. The average Bonchev–Trinajstić information content (AvgIpc) is 3.18. The molecular weight excluding hydrogens is 434 g/mol. The van der Waals surface area contributed by atoms with Crippen molar-refractivity contribution >= 4 is 38.9 Å². The highest BCUT2D eigenvalue weighted by Gasteiger charge is 2.16. The number of hydrogen-bond donors (Lipinski definition) is 1. The molecule has 0 amide bonds. The molecular formula is C20H19BrClNO2S. The van der Waals surface area contributed by atoms with Crippen molar-refractivity contribution in [1.82, 2.24) is 5.32 Å². The highest BCUT2D eigenvalue weighted by atomic mass is 79.9. The van der Waals surface area contributed by atoms with Crippen LogP contribution in [-0.2, 0) is 6.54 Å². The zero-order valence-corrected chi connectivity index (χ0v) is 17.6. The van der Waals surface area contributed by atoms with Gasteiger partial charge in [0.25, 0.3) is 0 Å². The van der Waals surface area contributed by atoms with Gasteiger partial charge in [0, 0.05) is 20.9 Å². The van der Waals surface area contributed by atoms with Crippen LogP contribution in [0.5, 0.6) is 11.5 Å². The van der Waals surface area contributed by atoms with Gasteiger partial charge < -0.3 is 14.8 Å². The minimum atomic E-state index is 0.0901. The molecule has 6 heteroatoms. The summed E-state index contributed by atoms with van der Waals surface area (Å²) in [6.07, 6.45) is 0.